The molecule has 4 bridgehead atoms. The van der Waals surface area contributed by atoms with Gasteiger partial charge in [-0.25, -0.2) is 18.7 Å². The fourth-order valence-corrected chi connectivity index (χ4v) is 6.93. The van der Waals surface area contributed by atoms with E-state index in [0.717, 1.165) is 5.03 Å². The smallest absolute Gasteiger partial charge is 0.406 e. The number of ether oxygens (including phenoxy) is 1. The Morgan fingerprint density at radius 1 is 0.976 bits per heavy atom. The van der Waals surface area contributed by atoms with Gasteiger partial charge in [-0.15, -0.1) is 13.2 Å². The topological polar surface area (TPSA) is 59.1 Å². The Hall–Kier alpha value is -3.51. The number of anilines is 2. The zero-order valence-electron chi connectivity index (χ0n) is 22.0. The van der Waals surface area contributed by atoms with Crippen LogP contribution >= 0.6 is 22.0 Å². The molecule has 1 aliphatic heterocycles. The number of alkyl halides is 5. The number of thiazole rings is 1. The third-order valence-electron chi connectivity index (χ3n) is 6.39. The van der Waals surface area contributed by atoms with Crippen LogP contribution in [-0.4, -0.2) is 28.2 Å². The van der Waals surface area contributed by atoms with Gasteiger partial charge in [0, 0.05) is 24.1 Å². The molecule has 2 aromatic carbocycles. The first kappa shape index (κ1) is 29.0. The fourth-order valence-electron chi connectivity index (χ4n) is 4.55. The average Bonchev–Trinajstić information content (AvgIpc) is 3.36. The van der Waals surface area contributed by atoms with E-state index in [1.54, 1.807) is 24.3 Å². The highest BCUT2D eigenvalue weighted by Gasteiger charge is 2.35. The van der Waals surface area contributed by atoms with E-state index in [0.29, 0.717) is 47.2 Å². The molecule has 0 spiro atoms. The van der Waals surface area contributed by atoms with Gasteiger partial charge in [-0.3, -0.25) is 0 Å². The van der Waals surface area contributed by atoms with Crippen LogP contribution in [0, 0.1) is 0 Å². The maximum absolute atomic E-state index is 15.7. The zero-order chi connectivity index (χ0) is 29.0. The molecule has 1 aliphatic rings. The third-order valence-corrected chi connectivity index (χ3v) is 9.10. The van der Waals surface area contributed by atoms with Gasteiger partial charge in [0.05, 0.1) is 10.6 Å². The SMILES string of the molecule is C/C=S1/Nc2nc(c(-c3cccc(OC(F)(F)F)c3)s2)-c2ccccc2C(F)(F)CCCCCNc2cccc1n2. The summed E-state index contributed by atoms with van der Waals surface area (Å²) in [6.45, 7) is 2.50. The lowest BCUT2D eigenvalue weighted by molar-refractivity contribution is -0.274. The number of nitrogens with one attached hydrogen (secondary N) is 2. The lowest BCUT2D eigenvalue weighted by Gasteiger charge is -2.20. The molecule has 0 radical (unpaired) electrons. The summed E-state index contributed by atoms with van der Waals surface area (Å²) >= 11 is 1.17. The molecule has 0 aliphatic carbocycles. The van der Waals surface area contributed by atoms with Crippen molar-refractivity contribution in [1.82, 2.24) is 9.97 Å². The molecule has 2 N–H and O–H groups in total. The number of rotatable bonds is 2. The zero-order valence-corrected chi connectivity index (χ0v) is 23.6. The lowest BCUT2D eigenvalue weighted by Crippen LogP contribution is -2.17. The quantitative estimate of drug-likeness (QED) is 0.176. The molecule has 3 heterocycles. The average molecular weight is 607 g/mol. The number of hydrogen-bond donors (Lipinski definition) is 2. The summed E-state index contributed by atoms with van der Waals surface area (Å²) in [5.74, 6) is -2.86. The van der Waals surface area contributed by atoms with E-state index in [1.165, 1.54) is 35.6 Å². The molecule has 216 valence electrons. The second-order valence-electron chi connectivity index (χ2n) is 9.30. The van der Waals surface area contributed by atoms with Crippen LogP contribution in [0.4, 0.5) is 32.9 Å². The number of aromatic nitrogens is 2. The van der Waals surface area contributed by atoms with Gasteiger partial charge in [0.25, 0.3) is 5.92 Å². The van der Waals surface area contributed by atoms with Crippen LogP contribution in [0.1, 0.15) is 38.2 Å². The van der Waals surface area contributed by atoms with Gasteiger partial charge in [0.1, 0.15) is 16.6 Å². The van der Waals surface area contributed by atoms with Crippen molar-refractivity contribution in [1.29, 1.82) is 0 Å². The molecule has 4 aromatic rings. The van der Waals surface area contributed by atoms with E-state index in [-0.39, 0.29) is 23.2 Å². The minimum atomic E-state index is -4.87. The van der Waals surface area contributed by atoms with Gasteiger partial charge in [0.2, 0.25) is 0 Å². The number of fused-ring (bicyclic) bond motifs is 6. The summed E-state index contributed by atoms with van der Waals surface area (Å²) in [7, 11) is -0.699. The molecular formula is C29H27F5N4OS2. The van der Waals surface area contributed by atoms with Crippen LogP contribution < -0.4 is 14.8 Å². The molecule has 1 unspecified atom stereocenters. The Morgan fingerprint density at radius 3 is 2.59 bits per heavy atom. The van der Waals surface area contributed by atoms with Crippen molar-refractivity contribution in [3.05, 3.63) is 72.3 Å². The van der Waals surface area contributed by atoms with Gasteiger partial charge >= 0.3 is 6.36 Å². The van der Waals surface area contributed by atoms with Crippen LogP contribution in [0.2, 0.25) is 0 Å². The normalized spacial score (nSPS) is 17.6. The monoisotopic (exact) mass is 606 g/mol. The molecule has 12 heteroatoms. The van der Waals surface area contributed by atoms with Gasteiger partial charge < -0.3 is 14.8 Å². The summed E-state index contributed by atoms with van der Waals surface area (Å²) < 4.78 is 77.8. The van der Waals surface area contributed by atoms with Gasteiger partial charge in [-0.1, -0.05) is 60.2 Å². The molecule has 41 heavy (non-hydrogen) atoms. The maximum Gasteiger partial charge on any atom is 0.573 e. The van der Waals surface area contributed by atoms with Crippen molar-refractivity contribution >= 4 is 38.3 Å². The van der Waals surface area contributed by atoms with Crippen molar-refractivity contribution in [2.75, 3.05) is 16.6 Å². The van der Waals surface area contributed by atoms with Crippen LogP contribution in [0.3, 0.4) is 0 Å². The fraction of sp³-hybridized carbons (Fsp3) is 0.276. The highest BCUT2D eigenvalue weighted by atomic mass is 32.2. The van der Waals surface area contributed by atoms with E-state index in [4.69, 9.17) is 9.97 Å². The van der Waals surface area contributed by atoms with Crippen molar-refractivity contribution < 1.29 is 26.7 Å². The summed E-state index contributed by atoms with van der Waals surface area (Å²) in [6.07, 6.45) is -3.58. The Labute approximate surface area is 240 Å². The molecule has 2 aromatic heterocycles. The molecule has 0 amide bonds. The summed E-state index contributed by atoms with van der Waals surface area (Å²) in [6, 6.07) is 17.3. The first-order valence-corrected chi connectivity index (χ1v) is 15.1. The second kappa shape index (κ2) is 12.2. The summed E-state index contributed by atoms with van der Waals surface area (Å²) in [5, 5.41) is 6.38. The van der Waals surface area contributed by atoms with E-state index in [9.17, 15) is 13.2 Å². The minimum Gasteiger partial charge on any atom is -0.406 e. The van der Waals surface area contributed by atoms with Crippen molar-refractivity contribution in [2.24, 2.45) is 0 Å². The highest BCUT2D eigenvalue weighted by molar-refractivity contribution is 8.16. The number of benzene rings is 2. The van der Waals surface area contributed by atoms with E-state index in [2.05, 4.69) is 14.8 Å². The minimum absolute atomic E-state index is 0.169. The highest BCUT2D eigenvalue weighted by Crippen LogP contribution is 2.46. The summed E-state index contributed by atoms with van der Waals surface area (Å²) in [5.41, 5.74) is 0.678. The largest absolute Gasteiger partial charge is 0.573 e. The molecule has 0 saturated heterocycles. The standard InChI is InChI=1S/C29H27F5N4OS2/c1-2-41-24-15-9-14-23(36-24)35-17-7-3-6-16-28(30,31)22-13-5-4-12-21(22)25-26(40-27(37-25)38-41)19-10-8-11-20(18-19)39-29(32,33)34/h2,4-5,8-15,18H,3,6-7,16-17H2,1H3,(H,35,36)(H,37,38). The first-order chi connectivity index (χ1) is 19.6. The Bertz CT molecular complexity index is 1550. The van der Waals surface area contributed by atoms with Crippen LogP contribution in [0.5, 0.6) is 5.75 Å². The van der Waals surface area contributed by atoms with Gasteiger partial charge in [0.15, 0.2) is 5.13 Å². The maximum atomic E-state index is 15.7. The number of hydrogen-bond acceptors (Lipinski definition) is 6. The van der Waals surface area contributed by atoms with Crippen LogP contribution in [-0.2, 0) is 5.92 Å². The van der Waals surface area contributed by atoms with E-state index >= 15 is 8.78 Å². The van der Waals surface area contributed by atoms with Gasteiger partial charge in [-0.2, -0.15) is 0 Å². The third kappa shape index (κ3) is 7.05. The summed E-state index contributed by atoms with van der Waals surface area (Å²) in [4.78, 5) is 9.90. The van der Waals surface area contributed by atoms with Crippen molar-refractivity contribution in [3.8, 4) is 27.4 Å². The van der Waals surface area contributed by atoms with E-state index in [1.807, 2.05) is 30.5 Å². The molecule has 5 nitrogen and oxygen atoms in total. The van der Waals surface area contributed by atoms with Crippen molar-refractivity contribution in [2.45, 2.75) is 49.9 Å². The molecule has 5 rings (SSSR count). The van der Waals surface area contributed by atoms with Crippen LogP contribution in [0.25, 0.3) is 21.7 Å². The Balaban J connectivity index is 1.67. The lowest BCUT2D eigenvalue weighted by atomic mass is 9.94. The first-order valence-electron chi connectivity index (χ1n) is 13.0. The molecule has 0 fully saturated rings. The number of pyridine rings is 1. The molecule has 0 saturated carbocycles. The molecule has 1 atom stereocenters. The molecular weight excluding hydrogens is 579 g/mol. The Morgan fingerprint density at radius 2 is 1.78 bits per heavy atom. The van der Waals surface area contributed by atoms with Crippen LogP contribution in [0.15, 0.2) is 71.8 Å². The predicted molar refractivity (Wildman–Crippen MR) is 156 cm³/mol. The number of nitrogens with zero attached hydrogens (tertiary/aromatic N) is 2. The van der Waals surface area contributed by atoms with Gasteiger partial charge in [-0.05, 0) is 65.6 Å². The number of halogens is 5. The predicted octanol–water partition coefficient (Wildman–Crippen LogP) is 9.33. The van der Waals surface area contributed by atoms with E-state index < -0.39 is 28.7 Å². The second-order valence-corrected chi connectivity index (χ2v) is 12.1. The van der Waals surface area contributed by atoms with Crippen molar-refractivity contribution in [3.63, 3.8) is 0 Å². The Kier molecular flexibility index (Phi) is 8.60.